The first-order valence-corrected chi connectivity index (χ1v) is 8.26. The smallest absolute Gasteiger partial charge is 0.393 e. The molecule has 2 unspecified atom stereocenters. The van der Waals surface area contributed by atoms with E-state index in [0.29, 0.717) is 25.1 Å². The number of nitrogens with one attached hydrogen (secondary N) is 1. The largest absolute Gasteiger partial charge is 0.464 e. The molecule has 2 atom stereocenters. The van der Waals surface area contributed by atoms with E-state index in [4.69, 9.17) is 4.42 Å². The van der Waals surface area contributed by atoms with Crippen molar-refractivity contribution in [1.29, 1.82) is 0 Å². The molecule has 1 aliphatic carbocycles. The van der Waals surface area contributed by atoms with Crippen LogP contribution in [0.25, 0.3) is 0 Å². The number of hydrogen-bond acceptors (Lipinski definition) is 3. The van der Waals surface area contributed by atoms with Gasteiger partial charge in [0, 0.05) is 6.04 Å². The van der Waals surface area contributed by atoms with Gasteiger partial charge in [0.15, 0.2) is 0 Å². The van der Waals surface area contributed by atoms with Gasteiger partial charge < -0.3 is 9.73 Å². The van der Waals surface area contributed by atoms with Crippen LogP contribution in [-0.4, -0.2) is 18.5 Å². The Morgan fingerprint density at radius 1 is 1.25 bits per heavy atom. The second-order valence-corrected chi connectivity index (χ2v) is 6.09. The van der Waals surface area contributed by atoms with Crippen molar-refractivity contribution in [3.63, 3.8) is 0 Å². The molecule has 1 aromatic rings. The van der Waals surface area contributed by atoms with Crippen molar-refractivity contribution in [2.75, 3.05) is 6.26 Å². The van der Waals surface area contributed by atoms with Crippen LogP contribution in [0.4, 0.5) is 13.2 Å². The molecule has 20 heavy (non-hydrogen) atoms. The predicted octanol–water partition coefficient (Wildman–Crippen LogP) is 4.35. The highest BCUT2D eigenvalue weighted by atomic mass is 32.2. The first kappa shape index (κ1) is 15.8. The minimum atomic E-state index is -4.11. The number of rotatable bonds is 5. The Morgan fingerprint density at radius 3 is 2.65 bits per heavy atom. The van der Waals surface area contributed by atoms with Crippen LogP contribution in [0.2, 0.25) is 0 Å². The fourth-order valence-corrected chi connectivity index (χ4v) is 3.18. The Labute approximate surface area is 121 Å². The zero-order valence-corrected chi connectivity index (χ0v) is 12.3. The molecule has 114 valence electrons. The van der Waals surface area contributed by atoms with Crippen LogP contribution in [0, 0.1) is 5.92 Å². The van der Waals surface area contributed by atoms with Crippen LogP contribution in [0.3, 0.4) is 0 Å². The van der Waals surface area contributed by atoms with Crippen LogP contribution in [0.1, 0.15) is 37.2 Å². The summed E-state index contributed by atoms with van der Waals surface area (Å²) in [6.07, 6.45) is 0.225. The predicted molar refractivity (Wildman–Crippen MR) is 74.6 cm³/mol. The molecule has 0 aromatic carbocycles. The van der Waals surface area contributed by atoms with E-state index in [0.717, 1.165) is 17.9 Å². The van der Waals surface area contributed by atoms with Gasteiger partial charge in [-0.2, -0.15) is 24.9 Å². The highest BCUT2D eigenvalue weighted by Crippen LogP contribution is 2.37. The summed E-state index contributed by atoms with van der Waals surface area (Å²) in [5.74, 6) is 1.14. The van der Waals surface area contributed by atoms with E-state index >= 15 is 0 Å². The SMILES string of the molecule is CSCc1ccc(CNC2CCCCC2C(F)(F)F)o1. The Morgan fingerprint density at radius 2 is 1.95 bits per heavy atom. The van der Waals surface area contributed by atoms with E-state index in [1.807, 2.05) is 18.4 Å². The normalized spacial score (nSPS) is 24.0. The second kappa shape index (κ2) is 6.89. The molecule has 0 saturated heterocycles. The van der Waals surface area contributed by atoms with Crippen LogP contribution >= 0.6 is 11.8 Å². The molecule has 0 bridgehead atoms. The fraction of sp³-hybridized carbons (Fsp3) is 0.714. The van der Waals surface area contributed by atoms with Gasteiger partial charge in [-0.05, 0) is 31.2 Å². The van der Waals surface area contributed by atoms with E-state index in [2.05, 4.69) is 5.32 Å². The van der Waals surface area contributed by atoms with E-state index in [1.165, 1.54) is 0 Å². The molecule has 2 rings (SSSR count). The maximum atomic E-state index is 13.0. The van der Waals surface area contributed by atoms with Gasteiger partial charge in [0.1, 0.15) is 11.5 Å². The Balaban J connectivity index is 1.90. The molecule has 1 fully saturated rings. The molecular formula is C14H20F3NOS. The second-order valence-electron chi connectivity index (χ2n) is 5.22. The minimum Gasteiger partial charge on any atom is -0.464 e. The molecule has 1 saturated carbocycles. The van der Waals surface area contributed by atoms with Gasteiger partial charge in [-0.25, -0.2) is 0 Å². The maximum absolute atomic E-state index is 13.0. The third-order valence-corrected chi connectivity index (χ3v) is 4.30. The van der Waals surface area contributed by atoms with Gasteiger partial charge in [0.2, 0.25) is 0 Å². The van der Waals surface area contributed by atoms with Crippen molar-refractivity contribution in [3.8, 4) is 0 Å². The summed E-state index contributed by atoms with van der Waals surface area (Å²) in [6.45, 7) is 0.367. The van der Waals surface area contributed by atoms with Gasteiger partial charge in [-0.3, -0.25) is 0 Å². The van der Waals surface area contributed by atoms with Crippen LogP contribution in [0.5, 0.6) is 0 Å². The molecule has 1 aromatic heterocycles. The van der Waals surface area contributed by atoms with E-state index < -0.39 is 18.1 Å². The number of hydrogen-bond donors (Lipinski definition) is 1. The molecule has 0 radical (unpaired) electrons. The highest BCUT2D eigenvalue weighted by Gasteiger charge is 2.45. The molecule has 1 aliphatic rings. The van der Waals surface area contributed by atoms with Crippen molar-refractivity contribution in [3.05, 3.63) is 23.7 Å². The third-order valence-electron chi connectivity index (χ3n) is 3.73. The molecule has 0 amide bonds. The zero-order chi connectivity index (χ0) is 14.6. The van der Waals surface area contributed by atoms with Crippen LogP contribution < -0.4 is 5.32 Å². The van der Waals surface area contributed by atoms with Crippen LogP contribution in [0.15, 0.2) is 16.5 Å². The number of halogens is 3. The summed E-state index contributed by atoms with van der Waals surface area (Å²) in [4.78, 5) is 0. The number of furan rings is 1. The summed E-state index contributed by atoms with van der Waals surface area (Å²) in [5, 5.41) is 3.03. The zero-order valence-electron chi connectivity index (χ0n) is 11.5. The van der Waals surface area contributed by atoms with Gasteiger partial charge in [0.05, 0.1) is 18.2 Å². The summed E-state index contributed by atoms with van der Waals surface area (Å²) in [7, 11) is 0. The minimum absolute atomic E-state index is 0.233. The Hall–Kier alpha value is -0.620. The fourth-order valence-electron chi connectivity index (χ4n) is 2.74. The van der Waals surface area contributed by atoms with E-state index in [-0.39, 0.29) is 6.42 Å². The summed E-state index contributed by atoms with van der Waals surface area (Å²) >= 11 is 1.66. The summed E-state index contributed by atoms with van der Waals surface area (Å²) in [6, 6.07) is 3.23. The molecule has 2 nitrogen and oxygen atoms in total. The Bertz CT molecular complexity index is 419. The maximum Gasteiger partial charge on any atom is 0.393 e. The quantitative estimate of drug-likeness (QED) is 0.875. The first-order valence-electron chi connectivity index (χ1n) is 6.87. The van der Waals surface area contributed by atoms with Crippen molar-refractivity contribution in [2.24, 2.45) is 5.92 Å². The van der Waals surface area contributed by atoms with Gasteiger partial charge in [-0.1, -0.05) is 12.8 Å². The lowest BCUT2D eigenvalue weighted by molar-refractivity contribution is -0.189. The van der Waals surface area contributed by atoms with Crippen molar-refractivity contribution in [1.82, 2.24) is 5.32 Å². The lowest BCUT2D eigenvalue weighted by Crippen LogP contribution is -2.45. The van der Waals surface area contributed by atoms with Gasteiger partial charge in [-0.15, -0.1) is 0 Å². The van der Waals surface area contributed by atoms with E-state index in [9.17, 15) is 13.2 Å². The first-order chi connectivity index (χ1) is 9.50. The monoisotopic (exact) mass is 307 g/mol. The molecule has 0 aliphatic heterocycles. The summed E-state index contributed by atoms with van der Waals surface area (Å²) in [5.41, 5.74) is 0. The third kappa shape index (κ3) is 4.19. The van der Waals surface area contributed by atoms with E-state index in [1.54, 1.807) is 11.8 Å². The lowest BCUT2D eigenvalue weighted by atomic mass is 9.84. The molecular weight excluding hydrogens is 287 g/mol. The van der Waals surface area contributed by atoms with Crippen LogP contribution in [-0.2, 0) is 12.3 Å². The lowest BCUT2D eigenvalue weighted by Gasteiger charge is -2.33. The molecule has 6 heteroatoms. The topological polar surface area (TPSA) is 25.2 Å². The average molecular weight is 307 g/mol. The average Bonchev–Trinajstić information content (AvgIpc) is 2.84. The Kier molecular flexibility index (Phi) is 5.43. The number of thioether (sulfide) groups is 1. The highest BCUT2D eigenvalue weighted by molar-refractivity contribution is 7.97. The number of alkyl halides is 3. The van der Waals surface area contributed by atoms with Gasteiger partial charge in [0.25, 0.3) is 0 Å². The van der Waals surface area contributed by atoms with Crippen molar-refractivity contribution in [2.45, 2.75) is 50.2 Å². The molecule has 0 spiro atoms. The molecule has 1 heterocycles. The summed E-state index contributed by atoms with van der Waals surface area (Å²) < 4.78 is 44.4. The standard InChI is InChI=1S/C14H20F3NOS/c1-20-9-11-7-6-10(19-11)8-18-13-5-3-2-4-12(13)14(15,16)17/h6-7,12-13,18H,2-5,8-9H2,1H3. The van der Waals surface area contributed by atoms with Crippen molar-refractivity contribution >= 4 is 11.8 Å². The van der Waals surface area contributed by atoms with Gasteiger partial charge >= 0.3 is 6.18 Å². The van der Waals surface area contributed by atoms with Crippen molar-refractivity contribution < 1.29 is 17.6 Å². The molecule has 1 N–H and O–H groups in total.